The Morgan fingerprint density at radius 2 is 1.95 bits per heavy atom. The Labute approximate surface area is 137 Å². The van der Waals surface area contributed by atoms with Gasteiger partial charge in [0.25, 0.3) is 0 Å². The van der Waals surface area contributed by atoms with Gasteiger partial charge in [-0.1, -0.05) is 13.8 Å². The second kappa shape index (κ2) is 8.73. The van der Waals surface area contributed by atoms with Gasteiger partial charge < -0.3 is 10.6 Å². The first-order valence-corrected chi connectivity index (χ1v) is 7.15. The van der Waals surface area contributed by atoms with E-state index >= 15 is 0 Å². The van der Waals surface area contributed by atoms with Crippen LogP contribution in [-0.2, 0) is 6.54 Å². The van der Waals surface area contributed by atoms with Crippen molar-refractivity contribution in [2.45, 2.75) is 47.2 Å². The lowest BCUT2D eigenvalue weighted by Gasteiger charge is -2.20. The highest BCUT2D eigenvalue weighted by Gasteiger charge is 2.10. The minimum Gasteiger partial charge on any atom is -0.354 e. The lowest BCUT2D eigenvalue weighted by Crippen LogP contribution is -2.43. The molecule has 110 valence electrons. The molecule has 0 aliphatic rings. The van der Waals surface area contributed by atoms with Crippen LogP contribution in [0.4, 0.5) is 0 Å². The summed E-state index contributed by atoms with van der Waals surface area (Å²) >= 11 is 1.74. The standard InChI is InChI=1S/C13H24N4S.HI/c1-8(2)9(3)17-13(14-6)15-7-12-10(4)16-11(5)18-12;/h8-9H,7H2,1-6H3,(H2,14,15,17);1H. The number of aryl methyl sites for hydroxylation is 2. The first kappa shape index (κ1) is 18.6. The zero-order valence-corrected chi connectivity index (χ0v) is 15.7. The number of aliphatic imine (C=N–C) groups is 1. The number of hydrogen-bond acceptors (Lipinski definition) is 3. The maximum absolute atomic E-state index is 4.42. The van der Waals surface area contributed by atoms with Gasteiger partial charge in [-0.25, -0.2) is 4.98 Å². The van der Waals surface area contributed by atoms with Crippen LogP contribution < -0.4 is 10.6 Å². The van der Waals surface area contributed by atoms with Crippen molar-refractivity contribution in [2.75, 3.05) is 7.05 Å². The van der Waals surface area contributed by atoms with E-state index in [9.17, 15) is 0 Å². The van der Waals surface area contributed by atoms with Crippen molar-refractivity contribution in [3.8, 4) is 0 Å². The van der Waals surface area contributed by atoms with Crippen LogP contribution in [0.2, 0.25) is 0 Å². The van der Waals surface area contributed by atoms with Crippen LogP contribution >= 0.6 is 35.3 Å². The van der Waals surface area contributed by atoms with Crippen LogP contribution in [-0.4, -0.2) is 24.0 Å². The minimum absolute atomic E-state index is 0. The third-order valence-corrected chi connectivity index (χ3v) is 4.08. The topological polar surface area (TPSA) is 49.3 Å². The summed E-state index contributed by atoms with van der Waals surface area (Å²) in [6, 6.07) is 0.403. The molecule has 1 heterocycles. The lowest BCUT2D eigenvalue weighted by molar-refractivity contribution is 0.481. The summed E-state index contributed by atoms with van der Waals surface area (Å²) < 4.78 is 0. The molecule has 1 rings (SSSR count). The summed E-state index contributed by atoms with van der Waals surface area (Å²) in [6.45, 7) is 11.4. The van der Waals surface area contributed by atoms with Crippen molar-refractivity contribution in [3.05, 3.63) is 15.6 Å². The molecule has 1 atom stereocenters. The molecule has 0 aromatic carbocycles. The molecule has 1 aromatic rings. The van der Waals surface area contributed by atoms with Crippen molar-refractivity contribution in [1.82, 2.24) is 15.6 Å². The van der Waals surface area contributed by atoms with Gasteiger partial charge >= 0.3 is 0 Å². The molecule has 19 heavy (non-hydrogen) atoms. The summed E-state index contributed by atoms with van der Waals surface area (Å²) in [5.41, 5.74) is 1.11. The monoisotopic (exact) mass is 396 g/mol. The quantitative estimate of drug-likeness (QED) is 0.467. The molecular formula is C13H25IN4S. The minimum atomic E-state index is 0. The molecule has 0 aliphatic heterocycles. The Hall–Kier alpha value is -0.370. The first-order chi connectivity index (χ1) is 8.43. The van der Waals surface area contributed by atoms with Crippen molar-refractivity contribution >= 4 is 41.3 Å². The molecule has 0 saturated carbocycles. The van der Waals surface area contributed by atoms with E-state index in [4.69, 9.17) is 0 Å². The molecule has 6 heteroatoms. The van der Waals surface area contributed by atoms with Crippen LogP contribution in [0.15, 0.2) is 4.99 Å². The average Bonchev–Trinajstić information content (AvgIpc) is 2.62. The van der Waals surface area contributed by atoms with Gasteiger partial charge in [0.2, 0.25) is 0 Å². The molecule has 0 radical (unpaired) electrons. The van der Waals surface area contributed by atoms with Gasteiger partial charge in [0.1, 0.15) is 0 Å². The van der Waals surface area contributed by atoms with Gasteiger partial charge in [-0.15, -0.1) is 35.3 Å². The summed E-state index contributed by atoms with van der Waals surface area (Å²) in [5, 5.41) is 7.83. The predicted octanol–water partition coefficient (Wildman–Crippen LogP) is 3.09. The number of guanidine groups is 1. The molecule has 4 nitrogen and oxygen atoms in total. The first-order valence-electron chi connectivity index (χ1n) is 6.34. The normalized spacial score (nSPS) is 13.1. The van der Waals surface area contributed by atoms with E-state index in [1.54, 1.807) is 18.4 Å². The predicted molar refractivity (Wildman–Crippen MR) is 94.6 cm³/mol. The summed E-state index contributed by atoms with van der Waals surface area (Å²) in [6.07, 6.45) is 0. The van der Waals surface area contributed by atoms with E-state index < -0.39 is 0 Å². The van der Waals surface area contributed by atoms with E-state index in [-0.39, 0.29) is 24.0 Å². The molecule has 0 spiro atoms. The second-order valence-corrected chi connectivity index (χ2v) is 6.13. The fraction of sp³-hybridized carbons (Fsp3) is 0.692. The van der Waals surface area contributed by atoms with Gasteiger partial charge in [0, 0.05) is 18.0 Å². The fourth-order valence-electron chi connectivity index (χ4n) is 1.48. The third kappa shape index (κ3) is 6.07. The van der Waals surface area contributed by atoms with E-state index in [0.29, 0.717) is 12.0 Å². The Morgan fingerprint density at radius 3 is 2.37 bits per heavy atom. The summed E-state index contributed by atoms with van der Waals surface area (Å²) in [5.74, 6) is 1.43. The maximum Gasteiger partial charge on any atom is 0.191 e. The van der Waals surface area contributed by atoms with Crippen LogP contribution in [0.25, 0.3) is 0 Å². The number of nitrogens with one attached hydrogen (secondary N) is 2. The van der Waals surface area contributed by atoms with Crippen molar-refractivity contribution in [2.24, 2.45) is 10.9 Å². The van der Waals surface area contributed by atoms with E-state index in [1.165, 1.54) is 4.88 Å². The van der Waals surface area contributed by atoms with Crippen LogP contribution in [0, 0.1) is 19.8 Å². The van der Waals surface area contributed by atoms with Crippen LogP contribution in [0.3, 0.4) is 0 Å². The number of aromatic nitrogens is 1. The van der Waals surface area contributed by atoms with E-state index in [0.717, 1.165) is 23.2 Å². The highest BCUT2D eigenvalue weighted by molar-refractivity contribution is 14.0. The van der Waals surface area contributed by atoms with Crippen molar-refractivity contribution in [3.63, 3.8) is 0 Å². The molecule has 0 aliphatic carbocycles. The number of hydrogen-bond donors (Lipinski definition) is 2. The number of nitrogens with zero attached hydrogens (tertiary/aromatic N) is 2. The van der Waals surface area contributed by atoms with Crippen molar-refractivity contribution < 1.29 is 0 Å². The van der Waals surface area contributed by atoms with Gasteiger partial charge in [-0.2, -0.15) is 0 Å². The molecule has 0 amide bonds. The average molecular weight is 396 g/mol. The SMILES string of the molecule is CN=C(NCc1sc(C)nc1C)NC(C)C(C)C.I. The maximum atomic E-state index is 4.42. The molecular weight excluding hydrogens is 371 g/mol. The molecule has 0 saturated heterocycles. The zero-order valence-electron chi connectivity index (χ0n) is 12.6. The van der Waals surface area contributed by atoms with Crippen molar-refractivity contribution in [1.29, 1.82) is 0 Å². The molecule has 1 aromatic heterocycles. The van der Waals surface area contributed by atoms with Gasteiger partial charge in [-0.05, 0) is 26.7 Å². The molecule has 2 N–H and O–H groups in total. The number of rotatable bonds is 4. The highest BCUT2D eigenvalue weighted by atomic mass is 127. The summed E-state index contributed by atoms with van der Waals surface area (Å²) in [4.78, 5) is 9.93. The molecule has 0 bridgehead atoms. The Kier molecular flexibility index (Phi) is 8.56. The Bertz CT molecular complexity index is 415. The van der Waals surface area contributed by atoms with Gasteiger partial charge in [-0.3, -0.25) is 4.99 Å². The lowest BCUT2D eigenvalue weighted by atomic mass is 10.1. The van der Waals surface area contributed by atoms with Crippen LogP contribution in [0.5, 0.6) is 0 Å². The number of halogens is 1. The molecule has 0 fully saturated rings. The largest absolute Gasteiger partial charge is 0.354 e. The fourth-order valence-corrected chi connectivity index (χ4v) is 2.36. The van der Waals surface area contributed by atoms with E-state index in [2.05, 4.69) is 41.4 Å². The van der Waals surface area contributed by atoms with Gasteiger partial charge in [0.15, 0.2) is 5.96 Å². The smallest absolute Gasteiger partial charge is 0.191 e. The van der Waals surface area contributed by atoms with E-state index in [1.807, 2.05) is 13.8 Å². The zero-order chi connectivity index (χ0) is 13.7. The Balaban J connectivity index is 0.00000324. The van der Waals surface area contributed by atoms with Gasteiger partial charge in [0.05, 0.1) is 17.2 Å². The Morgan fingerprint density at radius 1 is 1.32 bits per heavy atom. The summed E-state index contributed by atoms with van der Waals surface area (Å²) in [7, 11) is 1.80. The van der Waals surface area contributed by atoms with Crippen LogP contribution in [0.1, 0.15) is 36.3 Å². The third-order valence-electron chi connectivity index (χ3n) is 3.00. The molecule has 1 unspecified atom stereocenters. The highest BCUT2D eigenvalue weighted by Crippen LogP contribution is 2.16. The second-order valence-electron chi connectivity index (χ2n) is 4.84. The number of thiazole rings is 1.